The molecule has 0 bridgehead atoms. The van der Waals surface area contributed by atoms with Crippen LogP contribution in [0.5, 0.6) is 0 Å². The molecule has 27 heavy (non-hydrogen) atoms. The molecule has 0 aromatic heterocycles. The fraction of sp³-hybridized carbons (Fsp3) is 0.182. The van der Waals surface area contributed by atoms with Gasteiger partial charge in [0.2, 0.25) is 0 Å². The third-order valence-corrected chi connectivity index (χ3v) is 4.50. The molecule has 0 unspecified atom stereocenters. The molecule has 0 saturated heterocycles. The lowest BCUT2D eigenvalue weighted by molar-refractivity contribution is 0.123. The van der Waals surface area contributed by atoms with E-state index in [4.69, 9.17) is 0 Å². The van der Waals surface area contributed by atoms with Crippen molar-refractivity contribution in [2.24, 2.45) is 0 Å². The molecular weight excluding hydrogens is 354 g/mol. The van der Waals surface area contributed by atoms with E-state index in [-0.39, 0.29) is 11.3 Å². The molecule has 0 spiro atoms. The number of allylic oxidation sites excluding steroid dienone is 3. The summed E-state index contributed by atoms with van der Waals surface area (Å²) in [5.41, 5.74) is 2.26. The predicted molar refractivity (Wildman–Crippen MR) is 100.0 cm³/mol. The first-order chi connectivity index (χ1) is 12.8. The molecule has 2 aromatic carbocycles. The summed E-state index contributed by atoms with van der Waals surface area (Å²) in [6.45, 7) is 6.46. The Hall–Kier alpha value is -2.82. The molecule has 0 saturated carbocycles. The zero-order valence-corrected chi connectivity index (χ0v) is 15.1. The van der Waals surface area contributed by atoms with Gasteiger partial charge in [-0.15, -0.1) is 0 Å². The van der Waals surface area contributed by atoms with Gasteiger partial charge in [0, 0.05) is 11.3 Å². The van der Waals surface area contributed by atoms with Crippen LogP contribution in [0, 0.1) is 18.6 Å². The number of alkyl halides is 2. The summed E-state index contributed by atoms with van der Waals surface area (Å²) in [6.07, 6.45) is -0.968. The van der Waals surface area contributed by atoms with Crippen LogP contribution in [0.3, 0.4) is 0 Å². The Labute approximate surface area is 155 Å². The summed E-state index contributed by atoms with van der Waals surface area (Å²) in [7, 11) is 0. The minimum absolute atomic E-state index is 0.0621. The third-order valence-electron chi connectivity index (χ3n) is 4.50. The van der Waals surface area contributed by atoms with Crippen LogP contribution in [0.25, 0.3) is 11.3 Å². The monoisotopic (exact) mass is 373 g/mol. The van der Waals surface area contributed by atoms with Crippen LogP contribution < -0.4 is 0 Å². The second kappa shape index (κ2) is 7.43. The van der Waals surface area contributed by atoms with Gasteiger partial charge < -0.3 is 4.90 Å². The van der Waals surface area contributed by atoms with Gasteiger partial charge in [-0.2, -0.15) is 0 Å². The maximum Gasteiger partial charge on any atom is 0.256 e. The Morgan fingerprint density at radius 2 is 1.59 bits per heavy atom. The van der Waals surface area contributed by atoms with Gasteiger partial charge in [0.15, 0.2) is 0 Å². The van der Waals surface area contributed by atoms with Crippen molar-refractivity contribution < 1.29 is 17.6 Å². The van der Waals surface area contributed by atoms with E-state index in [9.17, 15) is 17.6 Å². The van der Waals surface area contributed by atoms with Crippen molar-refractivity contribution in [1.82, 2.24) is 4.90 Å². The van der Waals surface area contributed by atoms with Crippen LogP contribution >= 0.6 is 0 Å². The number of hydrogen-bond acceptors (Lipinski definition) is 1. The van der Waals surface area contributed by atoms with Crippen LogP contribution in [0.4, 0.5) is 17.6 Å². The molecular formula is C22H19F4N. The number of aryl methyl sites for hydroxylation is 1. The Balaban J connectivity index is 2.36. The Bertz CT molecular complexity index is 919. The summed E-state index contributed by atoms with van der Waals surface area (Å²) in [4.78, 5) is 1.21. The molecule has 1 aliphatic rings. The lowest BCUT2D eigenvalue weighted by Crippen LogP contribution is -2.30. The maximum absolute atomic E-state index is 14.8. The van der Waals surface area contributed by atoms with Gasteiger partial charge >= 0.3 is 0 Å². The standard InChI is InChI=1S/C22H19F4N/c1-13-9-18(23)21(19(24)10-13)22-17(16-7-5-4-6-8-16)11-14(2)15(3)27(22)12-20(25)26/h4-11,20H,3,12H2,1-2H3. The highest BCUT2D eigenvalue weighted by Gasteiger charge is 2.30. The Morgan fingerprint density at radius 1 is 1.00 bits per heavy atom. The van der Waals surface area contributed by atoms with E-state index in [2.05, 4.69) is 6.58 Å². The van der Waals surface area contributed by atoms with Crippen molar-refractivity contribution in [2.75, 3.05) is 6.54 Å². The summed E-state index contributed by atoms with van der Waals surface area (Å²) < 4.78 is 56.1. The molecule has 0 fully saturated rings. The topological polar surface area (TPSA) is 3.24 Å². The van der Waals surface area contributed by atoms with Gasteiger partial charge in [0.05, 0.1) is 17.8 Å². The van der Waals surface area contributed by atoms with Crippen LogP contribution in [0.1, 0.15) is 23.6 Å². The quantitative estimate of drug-likeness (QED) is 0.578. The van der Waals surface area contributed by atoms with E-state index in [1.165, 1.54) is 17.0 Å². The number of hydrogen-bond donors (Lipinski definition) is 0. The third kappa shape index (κ3) is 3.68. The van der Waals surface area contributed by atoms with Gasteiger partial charge in [-0.1, -0.05) is 36.9 Å². The van der Waals surface area contributed by atoms with E-state index in [0.29, 0.717) is 28.0 Å². The van der Waals surface area contributed by atoms with E-state index >= 15 is 0 Å². The fourth-order valence-corrected chi connectivity index (χ4v) is 3.23. The van der Waals surface area contributed by atoms with Crippen molar-refractivity contribution in [1.29, 1.82) is 0 Å². The number of nitrogens with zero attached hydrogens (tertiary/aromatic N) is 1. The average Bonchev–Trinajstić information content (AvgIpc) is 2.60. The summed E-state index contributed by atoms with van der Waals surface area (Å²) in [5, 5.41) is 0. The molecule has 0 aliphatic carbocycles. The first-order valence-corrected chi connectivity index (χ1v) is 8.48. The zero-order chi connectivity index (χ0) is 19.7. The zero-order valence-electron chi connectivity index (χ0n) is 15.1. The normalized spacial score (nSPS) is 14.9. The predicted octanol–water partition coefficient (Wildman–Crippen LogP) is 6.18. The highest BCUT2D eigenvalue weighted by atomic mass is 19.3. The van der Waals surface area contributed by atoms with E-state index in [0.717, 1.165) is 0 Å². The second-order valence-electron chi connectivity index (χ2n) is 6.51. The van der Waals surface area contributed by atoms with Crippen LogP contribution in [0.2, 0.25) is 0 Å². The number of benzene rings is 2. The summed E-state index contributed by atoms with van der Waals surface area (Å²) >= 11 is 0. The molecule has 1 heterocycles. The Morgan fingerprint density at radius 3 is 2.15 bits per heavy atom. The maximum atomic E-state index is 14.8. The van der Waals surface area contributed by atoms with Crippen molar-refractivity contribution in [3.05, 3.63) is 94.7 Å². The average molecular weight is 373 g/mol. The lowest BCUT2D eigenvalue weighted by Gasteiger charge is -2.35. The van der Waals surface area contributed by atoms with Gasteiger partial charge in [-0.05, 0) is 48.8 Å². The molecule has 5 heteroatoms. The fourth-order valence-electron chi connectivity index (χ4n) is 3.23. The first-order valence-electron chi connectivity index (χ1n) is 8.48. The van der Waals surface area contributed by atoms with E-state index in [1.54, 1.807) is 44.2 Å². The first kappa shape index (κ1) is 19.0. The van der Waals surface area contributed by atoms with Crippen molar-refractivity contribution in [3.8, 4) is 0 Å². The minimum Gasteiger partial charge on any atom is -0.335 e. The molecule has 0 radical (unpaired) electrons. The van der Waals surface area contributed by atoms with E-state index in [1.807, 2.05) is 6.07 Å². The van der Waals surface area contributed by atoms with E-state index < -0.39 is 24.6 Å². The lowest BCUT2D eigenvalue weighted by atomic mass is 9.91. The van der Waals surface area contributed by atoms with Crippen LogP contribution in [0.15, 0.2) is 66.4 Å². The van der Waals surface area contributed by atoms with Gasteiger partial charge in [0.1, 0.15) is 11.6 Å². The van der Waals surface area contributed by atoms with Gasteiger partial charge in [-0.25, -0.2) is 17.6 Å². The molecule has 0 amide bonds. The highest BCUT2D eigenvalue weighted by Crippen LogP contribution is 2.41. The largest absolute Gasteiger partial charge is 0.335 e. The minimum atomic E-state index is -2.70. The number of rotatable bonds is 4. The Kier molecular flexibility index (Phi) is 5.22. The van der Waals surface area contributed by atoms with Crippen LogP contribution in [-0.2, 0) is 0 Å². The summed E-state index contributed by atoms with van der Waals surface area (Å²) in [6, 6.07) is 11.3. The molecule has 0 N–H and O–H groups in total. The molecule has 1 aliphatic heterocycles. The van der Waals surface area contributed by atoms with Gasteiger partial charge in [-0.3, -0.25) is 0 Å². The number of halogens is 4. The van der Waals surface area contributed by atoms with Crippen molar-refractivity contribution in [2.45, 2.75) is 20.3 Å². The molecule has 0 atom stereocenters. The molecule has 140 valence electrons. The summed E-state index contributed by atoms with van der Waals surface area (Å²) in [5.74, 6) is -1.59. The smallest absolute Gasteiger partial charge is 0.256 e. The SMILES string of the molecule is C=C1C(C)=CC(c2ccccc2)=C(c2c(F)cc(C)cc2F)N1CC(F)F. The molecule has 3 rings (SSSR count). The van der Waals surface area contributed by atoms with Gasteiger partial charge in [0.25, 0.3) is 6.43 Å². The highest BCUT2D eigenvalue weighted by molar-refractivity contribution is 5.98. The second-order valence-corrected chi connectivity index (χ2v) is 6.51. The van der Waals surface area contributed by atoms with Crippen LogP contribution in [-0.4, -0.2) is 17.9 Å². The molecule has 2 aromatic rings. The van der Waals surface area contributed by atoms with Crippen molar-refractivity contribution in [3.63, 3.8) is 0 Å². The molecule has 1 nitrogen and oxygen atoms in total. The van der Waals surface area contributed by atoms with Crippen molar-refractivity contribution >= 4 is 11.3 Å².